The van der Waals surface area contributed by atoms with Gasteiger partial charge in [-0.2, -0.15) is 0 Å². The van der Waals surface area contributed by atoms with E-state index in [0.29, 0.717) is 0 Å². The van der Waals surface area contributed by atoms with Crippen LogP contribution in [0, 0.1) is 10.1 Å². The number of rotatable bonds is 5. The smallest absolute Gasteiger partial charge is 0.277 e. The maximum atomic E-state index is 10.7. The van der Waals surface area contributed by atoms with E-state index < -0.39 is 4.92 Å². The lowest BCUT2D eigenvalue weighted by Gasteiger charge is -2.06. The van der Waals surface area contributed by atoms with Crippen LogP contribution in [-0.2, 0) is 6.61 Å². The maximum absolute atomic E-state index is 10.7. The summed E-state index contributed by atoms with van der Waals surface area (Å²) in [5, 5.41) is 10.7. The third-order valence-electron chi connectivity index (χ3n) is 2.51. The zero-order chi connectivity index (χ0) is 14.5. The largest absolute Gasteiger partial charge is 0.497 e. The van der Waals surface area contributed by atoms with Crippen molar-refractivity contribution < 1.29 is 14.4 Å². The Kier molecular flexibility index (Phi) is 4.37. The Hall–Kier alpha value is -2.34. The van der Waals surface area contributed by atoms with Crippen LogP contribution in [0.4, 0.5) is 5.69 Å². The zero-order valence-corrected chi connectivity index (χ0v) is 11.3. The molecule has 0 aliphatic heterocycles. The monoisotopic (exact) mass is 294 g/mol. The van der Waals surface area contributed by atoms with Gasteiger partial charge in [-0.3, -0.25) is 10.1 Å². The average Bonchev–Trinajstić information content (AvgIpc) is 2.45. The molecule has 7 heteroatoms. The Labute approximate surface area is 120 Å². The molecule has 20 heavy (non-hydrogen) atoms. The lowest BCUT2D eigenvalue weighted by Crippen LogP contribution is -1.99. The van der Waals surface area contributed by atoms with Gasteiger partial charge in [0.25, 0.3) is 5.69 Å². The van der Waals surface area contributed by atoms with Crippen LogP contribution in [0.3, 0.4) is 0 Å². The highest BCUT2D eigenvalue weighted by atomic mass is 35.5. The lowest BCUT2D eigenvalue weighted by atomic mass is 10.2. The first-order valence-electron chi connectivity index (χ1n) is 5.66. The van der Waals surface area contributed by atoms with E-state index in [0.717, 1.165) is 11.3 Å². The van der Waals surface area contributed by atoms with Crippen molar-refractivity contribution in [3.63, 3.8) is 0 Å². The highest BCUT2D eigenvalue weighted by Crippen LogP contribution is 2.23. The molecule has 0 fully saturated rings. The predicted octanol–water partition coefficient (Wildman–Crippen LogP) is 3.23. The third kappa shape index (κ3) is 3.58. The molecule has 0 saturated carbocycles. The molecule has 1 aromatic heterocycles. The summed E-state index contributed by atoms with van der Waals surface area (Å²) in [6.45, 7) is 0.231. The fraction of sp³-hybridized carbons (Fsp3) is 0.154. The molecule has 0 aliphatic rings. The van der Waals surface area contributed by atoms with E-state index in [9.17, 15) is 10.1 Å². The van der Waals surface area contributed by atoms with E-state index in [2.05, 4.69) is 4.98 Å². The normalized spacial score (nSPS) is 10.1. The highest BCUT2D eigenvalue weighted by molar-refractivity contribution is 6.29. The van der Waals surface area contributed by atoms with Crippen molar-refractivity contribution in [1.82, 2.24) is 4.98 Å². The number of hydrogen-bond acceptors (Lipinski definition) is 5. The van der Waals surface area contributed by atoms with Crippen LogP contribution < -0.4 is 9.47 Å². The van der Waals surface area contributed by atoms with Crippen molar-refractivity contribution in [1.29, 1.82) is 0 Å². The Morgan fingerprint density at radius 1 is 1.30 bits per heavy atom. The number of aromatic nitrogens is 1. The Bertz CT molecular complexity index is 616. The van der Waals surface area contributed by atoms with Gasteiger partial charge in [0.05, 0.1) is 24.2 Å². The van der Waals surface area contributed by atoms with Crippen LogP contribution in [0.2, 0.25) is 5.15 Å². The van der Waals surface area contributed by atoms with Crippen molar-refractivity contribution >= 4 is 17.3 Å². The van der Waals surface area contributed by atoms with Crippen LogP contribution >= 0.6 is 11.6 Å². The van der Waals surface area contributed by atoms with Crippen molar-refractivity contribution in [2.45, 2.75) is 6.61 Å². The molecule has 2 aromatic rings. The molecule has 0 unspecified atom stereocenters. The first kappa shape index (κ1) is 14.1. The average molecular weight is 295 g/mol. The zero-order valence-electron chi connectivity index (χ0n) is 10.6. The minimum absolute atomic E-state index is 0.0175. The third-order valence-corrected chi connectivity index (χ3v) is 2.71. The molecule has 0 radical (unpaired) electrons. The molecule has 0 aliphatic carbocycles. The number of nitro groups is 1. The second kappa shape index (κ2) is 6.21. The molecule has 104 valence electrons. The summed E-state index contributed by atoms with van der Waals surface area (Å²) in [5.74, 6) is 0.852. The summed E-state index contributed by atoms with van der Waals surface area (Å²) < 4.78 is 10.4. The van der Waals surface area contributed by atoms with E-state index in [1.807, 2.05) is 12.1 Å². The van der Waals surface area contributed by atoms with Gasteiger partial charge in [-0.05, 0) is 17.7 Å². The van der Waals surface area contributed by atoms with Crippen molar-refractivity contribution in [2.75, 3.05) is 7.11 Å². The van der Waals surface area contributed by atoms with Gasteiger partial charge in [0.1, 0.15) is 17.5 Å². The Balaban J connectivity index is 2.08. The molecule has 1 heterocycles. The molecule has 1 aromatic carbocycles. The second-order valence-electron chi connectivity index (χ2n) is 3.88. The fourth-order valence-corrected chi connectivity index (χ4v) is 1.71. The molecule has 0 N–H and O–H groups in total. The van der Waals surface area contributed by atoms with Gasteiger partial charge in [-0.15, -0.1) is 0 Å². The van der Waals surface area contributed by atoms with Gasteiger partial charge in [0.15, 0.2) is 0 Å². The quantitative estimate of drug-likeness (QED) is 0.481. The number of ether oxygens (including phenoxy) is 2. The van der Waals surface area contributed by atoms with Crippen LogP contribution in [0.25, 0.3) is 0 Å². The van der Waals surface area contributed by atoms with Gasteiger partial charge in [0.2, 0.25) is 5.88 Å². The first-order valence-corrected chi connectivity index (χ1v) is 6.04. The Morgan fingerprint density at radius 2 is 2.00 bits per heavy atom. The van der Waals surface area contributed by atoms with Gasteiger partial charge >= 0.3 is 0 Å². The van der Waals surface area contributed by atoms with Gasteiger partial charge in [-0.1, -0.05) is 23.7 Å². The van der Waals surface area contributed by atoms with Crippen LogP contribution in [0.1, 0.15) is 5.56 Å². The molecule has 0 atom stereocenters. The van der Waals surface area contributed by atoms with Crippen LogP contribution in [0.5, 0.6) is 11.6 Å². The van der Waals surface area contributed by atoms with Crippen molar-refractivity contribution in [2.24, 2.45) is 0 Å². The fourth-order valence-electron chi connectivity index (χ4n) is 1.52. The number of pyridine rings is 1. The second-order valence-corrected chi connectivity index (χ2v) is 4.27. The highest BCUT2D eigenvalue weighted by Gasteiger charge is 2.11. The number of nitrogens with zero attached hydrogens (tertiary/aromatic N) is 2. The van der Waals surface area contributed by atoms with Gasteiger partial charge in [-0.25, -0.2) is 4.98 Å². The summed E-state index contributed by atoms with van der Waals surface area (Å²) in [6.07, 6.45) is 0. The molecule has 0 saturated heterocycles. The summed E-state index contributed by atoms with van der Waals surface area (Å²) in [7, 11) is 1.58. The molecule has 2 rings (SSSR count). The van der Waals surface area contributed by atoms with E-state index in [1.54, 1.807) is 19.2 Å². The van der Waals surface area contributed by atoms with E-state index in [1.165, 1.54) is 12.1 Å². The minimum Gasteiger partial charge on any atom is -0.497 e. The molecular weight excluding hydrogens is 284 g/mol. The molecule has 0 spiro atoms. The summed E-state index contributed by atoms with van der Waals surface area (Å²) in [5.41, 5.74) is 0.727. The molecule has 0 amide bonds. The van der Waals surface area contributed by atoms with E-state index >= 15 is 0 Å². The standard InChI is InChI=1S/C13H11ClN2O4/c1-19-11-4-2-9(3-5-11)8-20-13-7-10(16(17)18)6-12(14)15-13/h2-7H,8H2,1H3. The van der Waals surface area contributed by atoms with E-state index in [4.69, 9.17) is 21.1 Å². The minimum atomic E-state index is -0.548. The van der Waals surface area contributed by atoms with E-state index in [-0.39, 0.29) is 23.3 Å². The van der Waals surface area contributed by atoms with Gasteiger partial charge < -0.3 is 9.47 Å². The first-order chi connectivity index (χ1) is 9.58. The van der Waals surface area contributed by atoms with Crippen molar-refractivity contribution in [3.05, 3.63) is 57.2 Å². The SMILES string of the molecule is COc1ccc(COc2cc([N+](=O)[O-])cc(Cl)n2)cc1. The molecule has 6 nitrogen and oxygen atoms in total. The summed E-state index contributed by atoms with van der Waals surface area (Å²) in [4.78, 5) is 14.0. The van der Waals surface area contributed by atoms with Crippen molar-refractivity contribution in [3.8, 4) is 11.6 Å². The van der Waals surface area contributed by atoms with Crippen LogP contribution in [-0.4, -0.2) is 17.0 Å². The van der Waals surface area contributed by atoms with Crippen LogP contribution in [0.15, 0.2) is 36.4 Å². The molecular formula is C13H11ClN2O4. The number of halogens is 1. The molecule has 0 bridgehead atoms. The maximum Gasteiger partial charge on any atom is 0.277 e. The summed E-state index contributed by atoms with van der Waals surface area (Å²) in [6, 6.07) is 9.66. The predicted molar refractivity (Wildman–Crippen MR) is 73.2 cm³/mol. The number of benzene rings is 1. The van der Waals surface area contributed by atoms with Gasteiger partial charge in [0, 0.05) is 0 Å². The number of hydrogen-bond donors (Lipinski definition) is 0. The topological polar surface area (TPSA) is 74.5 Å². The Morgan fingerprint density at radius 3 is 2.60 bits per heavy atom. The summed E-state index contributed by atoms with van der Waals surface area (Å²) >= 11 is 5.70. The lowest BCUT2D eigenvalue weighted by molar-refractivity contribution is -0.385. The number of methoxy groups -OCH3 is 1.